The highest BCUT2D eigenvalue weighted by Crippen LogP contribution is 2.28. The third-order valence-electron chi connectivity index (χ3n) is 3.53. The van der Waals surface area contributed by atoms with Gasteiger partial charge in [-0.15, -0.1) is 10.2 Å². The number of H-pyrrole nitrogens is 1. The average Bonchev–Trinajstić information content (AvgIpc) is 3.22. The number of rotatable bonds is 3. The van der Waals surface area contributed by atoms with Crippen LogP contribution < -0.4 is 0 Å². The zero-order valence-electron chi connectivity index (χ0n) is 12.5. The molecule has 0 spiro atoms. The van der Waals surface area contributed by atoms with Crippen LogP contribution in [0.3, 0.4) is 0 Å². The number of nitrogens with one attached hydrogen (secondary N) is 1. The highest BCUT2D eigenvalue weighted by Gasteiger charge is 2.17. The van der Waals surface area contributed by atoms with E-state index in [0.29, 0.717) is 22.4 Å². The Morgan fingerprint density at radius 1 is 1.17 bits per heavy atom. The Labute approximate surface area is 135 Å². The molecule has 8 heteroatoms. The lowest BCUT2D eigenvalue weighted by Gasteiger charge is -1.96. The smallest absolute Gasteiger partial charge is 0.235 e. The van der Waals surface area contributed by atoms with Crippen molar-refractivity contribution in [2.75, 3.05) is 0 Å². The summed E-state index contributed by atoms with van der Waals surface area (Å²) < 4.78 is 14.7. The Morgan fingerprint density at radius 2 is 1.96 bits per heavy atom. The summed E-state index contributed by atoms with van der Waals surface area (Å²) in [5.74, 6) is 0.674. The first-order valence-electron chi connectivity index (χ1n) is 7.15. The van der Waals surface area contributed by atoms with Crippen LogP contribution in [0.2, 0.25) is 0 Å². The lowest BCUT2D eigenvalue weighted by Crippen LogP contribution is -1.91. The average molecular weight is 328 g/mol. The Kier molecular flexibility index (Phi) is 3.19. The van der Waals surface area contributed by atoms with Crippen LogP contribution >= 0.6 is 11.3 Å². The first-order valence-corrected chi connectivity index (χ1v) is 7.97. The van der Waals surface area contributed by atoms with Crippen molar-refractivity contribution in [3.8, 4) is 22.1 Å². The molecule has 0 saturated carbocycles. The number of halogens is 1. The van der Waals surface area contributed by atoms with Crippen molar-refractivity contribution < 1.29 is 4.39 Å². The zero-order chi connectivity index (χ0) is 16.0. The molecule has 0 radical (unpaired) electrons. The molecule has 0 unspecified atom stereocenters. The second-order valence-corrected chi connectivity index (χ2v) is 6.45. The van der Waals surface area contributed by atoms with E-state index in [1.54, 1.807) is 16.6 Å². The van der Waals surface area contributed by atoms with E-state index in [1.807, 2.05) is 6.07 Å². The van der Waals surface area contributed by atoms with Crippen molar-refractivity contribution in [3.05, 3.63) is 41.8 Å². The molecule has 0 saturated heterocycles. The van der Waals surface area contributed by atoms with E-state index in [1.165, 1.54) is 23.5 Å². The summed E-state index contributed by atoms with van der Waals surface area (Å²) in [6.45, 7) is 4.18. The largest absolute Gasteiger partial charge is 0.282 e. The molecule has 4 aromatic rings. The molecule has 0 aliphatic carbocycles. The van der Waals surface area contributed by atoms with Crippen molar-refractivity contribution in [3.63, 3.8) is 0 Å². The summed E-state index contributed by atoms with van der Waals surface area (Å²) in [4.78, 5) is 0.674. The fraction of sp³-hybridized carbons (Fsp3) is 0.200. The van der Waals surface area contributed by atoms with E-state index < -0.39 is 0 Å². The summed E-state index contributed by atoms with van der Waals surface area (Å²) in [7, 11) is 0. The van der Waals surface area contributed by atoms with Crippen LogP contribution in [0.25, 0.3) is 27.1 Å². The quantitative estimate of drug-likeness (QED) is 0.625. The minimum Gasteiger partial charge on any atom is -0.282 e. The Morgan fingerprint density at radius 3 is 2.65 bits per heavy atom. The van der Waals surface area contributed by atoms with Gasteiger partial charge in [0.25, 0.3) is 0 Å². The number of hydrogen-bond donors (Lipinski definition) is 1. The predicted octanol–water partition coefficient (Wildman–Crippen LogP) is 3.51. The molecule has 0 bridgehead atoms. The van der Waals surface area contributed by atoms with Gasteiger partial charge in [0.2, 0.25) is 10.8 Å². The van der Waals surface area contributed by atoms with Gasteiger partial charge in [-0.3, -0.25) is 5.10 Å². The number of nitrogens with zero attached hydrogens (tertiary/aromatic N) is 5. The van der Waals surface area contributed by atoms with Gasteiger partial charge in [0.1, 0.15) is 16.5 Å². The van der Waals surface area contributed by atoms with Crippen LogP contribution in [0.1, 0.15) is 25.5 Å². The highest BCUT2D eigenvalue weighted by atomic mass is 32.1. The molecule has 0 fully saturated rings. The number of fused-ring (bicyclic) bond motifs is 1. The zero-order valence-corrected chi connectivity index (χ0v) is 13.3. The van der Waals surface area contributed by atoms with Crippen molar-refractivity contribution in [1.82, 2.24) is 30.0 Å². The van der Waals surface area contributed by atoms with Crippen LogP contribution in [-0.4, -0.2) is 30.0 Å². The van der Waals surface area contributed by atoms with Gasteiger partial charge < -0.3 is 0 Å². The van der Waals surface area contributed by atoms with Gasteiger partial charge in [0.15, 0.2) is 0 Å². The maximum atomic E-state index is 13.0. The molecule has 4 rings (SSSR count). The monoisotopic (exact) mass is 328 g/mol. The van der Waals surface area contributed by atoms with Gasteiger partial charge in [-0.2, -0.15) is 14.7 Å². The molecular formula is C15H13FN6S. The van der Waals surface area contributed by atoms with Crippen molar-refractivity contribution in [2.24, 2.45) is 0 Å². The molecule has 116 valence electrons. The van der Waals surface area contributed by atoms with Crippen LogP contribution in [0.5, 0.6) is 0 Å². The molecule has 0 aliphatic rings. The third kappa shape index (κ3) is 2.40. The minimum atomic E-state index is -0.268. The lowest BCUT2D eigenvalue weighted by molar-refractivity contribution is 0.628. The van der Waals surface area contributed by atoms with E-state index >= 15 is 0 Å². The van der Waals surface area contributed by atoms with E-state index in [2.05, 4.69) is 39.3 Å². The molecule has 0 amide bonds. The van der Waals surface area contributed by atoms with Crippen LogP contribution in [-0.2, 0) is 0 Å². The fourth-order valence-corrected chi connectivity index (χ4v) is 3.08. The Hall–Kier alpha value is -2.61. The van der Waals surface area contributed by atoms with E-state index in [0.717, 1.165) is 16.3 Å². The van der Waals surface area contributed by atoms with Gasteiger partial charge in [-0.25, -0.2) is 4.39 Å². The summed E-state index contributed by atoms with van der Waals surface area (Å²) in [6, 6.07) is 8.19. The first kappa shape index (κ1) is 14.0. The topological polar surface area (TPSA) is 71.8 Å². The van der Waals surface area contributed by atoms with Crippen LogP contribution in [0.15, 0.2) is 30.3 Å². The third-order valence-corrected chi connectivity index (χ3v) is 4.48. The van der Waals surface area contributed by atoms with Gasteiger partial charge in [-0.1, -0.05) is 25.2 Å². The van der Waals surface area contributed by atoms with Crippen LogP contribution in [0.4, 0.5) is 4.39 Å². The molecule has 1 aromatic carbocycles. The van der Waals surface area contributed by atoms with E-state index in [-0.39, 0.29) is 5.82 Å². The SMILES string of the molecule is CC(C)c1cc(-c2nnc3sc(-c4ccc(F)cc4)nn23)n[nH]1. The second-order valence-electron chi connectivity index (χ2n) is 5.50. The highest BCUT2D eigenvalue weighted by molar-refractivity contribution is 7.19. The molecule has 0 aliphatic heterocycles. The second kappa shape index (κ2) is 5.24. The van der Waals surface area contributed by atoms with Crippen molar-refractivity contribution in [2.45, 2.75) is 19.8 Å². The molecule has 3 aromatic heterocycles. The molecule has 23 heavy (non-hydrogen) atoms. The standard InChI is InChI=1S/C15H13FN6S/c1-8(2)11-7-12(18-17-11)13-19-20-15-22(13)21-14(23-15)9-3-5-10(16)6-4-9/h3-8H,1-2H3,(H,17,18). The van der Waals surface area contributed by atoms with Crippen molar-refractivity contribution >= 4 is 16.3 Å². The number of hydrogen-bond acceptors (Lipinski definition) is 5. The summed E-state index contributed by atoms with van der Waals surface area (Å²) in [5, 5.41) is 20.9. The van der Waals surface area contributed by atoms with Gasteiger partial charge >= 0.3 is 0 Å². The van der Waals surface area contributed by atoms with Gasteiger partial charge in [0.05, 0.1) is 0 Å². The Bertz CT molecular complexity index is 966. The van der Waals surface area contributed by atoms with Crippen LogP contribution in [0, 0.1) is 5.82 Å². The predicted molar refractivity (Wildman–Crippen MR) is 85.7 cm³/mol. The molecule has 0 atom stereocenters. The summed E-state index contributed by atoms with van der Waals surface area (Å²) in [5.41, 5.74) is 2.58. The Balaban J connectivity index is 1.78. The summed E-state index contributed by atoms with van der Waals surface area (Å²) >= 11 is 1.40. The number of aromatic amines is 1. The number of aromatic nitrogens is 6. The lowest BCUT2D eigenvalue weighted by atomic mass is 10.1. The summed E-state index contributed by atoms with van der Waals surface area (Å²) in [6.07, 6.45) is 0. The van der Waals surface area contributed by atoms with Gasteiger partial charge in [-0.05, 0) is 36.2 Å². The molecular weight excluding hydrogens is 315 g/mol. The molecule has 3 heterocycles. The number of benzene rings is 1. The minimum absolute atomic E-state index is 0.268. The maximum Gasteiger partial charge on any atom is 0.235 e. The fourth-order valence-electron chi connectivity index (χ4n) is 2.23. The first-order chi connectivity index (χ1) is 11.1. The normalized spacial score (nSPS) is 11.7. The van der Waals surface area contributed by atoms with E-state index in [9.17, 15) is 4.39 Å². The van der Waals surface area contributed by atoms with E-state index in [4.69, 9.17) is 0 Å². The molecule has 1 N–H and O–H groups in total. The van der Waals surface area contributed by atoms with Crippen molar-refractivity contribution in [1.29, 1.82) is 0 Å². The van der Waals surface area contributed by atoms with Gasteiger partial charge in [0, 0.05) is 11.3 Å². The molecule has 6 nitrogen and oxygen atoms in total. The maximum absolute atomic E-state index is 13.0.